The highest BCUT2D eigenvalue weighted by Crippen LogP contribution is 2.24. The summed E-state index contributed by atoms with van der Waals surface area (Å²) in [7, 11) is 0. The van der Waals surface area contributed by atoms with Crippen molar-refractivity contribution in [1.82, 2.24) is 10.6 Å². The summed E-state index contributed by atoms with van der Waals surface area (Å²) in [6.45, 7) is 2.79. The fourth-order valence-electron chi connectivity index (χ4n) is 2.36. The fraction of sp³-hybridized carbons (Fsp3) is 0.500. The quantitative estimate of drug-likeness (QED) is 0.826. The molecule has 0 bridgehead atoms. The Hall–Kier alpha value is -1.51. The molecule has 0 heterocycles. The lowest BCUT2D eigenvalue weighted by Gasteiger charge is -2.17. The lowest BCUT2D eigenvalue weighted by atomic mass is 10.1. The average molecular weight is 232 g/mol. The van der Waals surface area contributed by atoms with E-state index < -0.39 is 0 Å². The summed E-state index contributed by atoms with van der Waals surface area (Å²) < 4.78 is 0. The molecular formula is C14H20N2O. The van der Waals surface area contributed by atoms with Crippen LogP contribution in [0.4, 0.5) is 4.79 Å². The maximum absolute atomic E-state index is 11.7. The van der Waals surface area contributed by atoms with Gasteiger partial charge in [-0.1, -0.05) is 43.7 Å². The van der Waals surface area contributed by atoms with Crippen LogP contribution in [0.5, 0.6) is 0 Å². The molecule has 1 aromatic carbocycles. The van der Waals surface area contributed by atoms with Gasteiger partial charge >= 0.3 is 6.03 Å². The Morgan fingerprint density at radius 2 is 2.06 bits per heavy atom. The number of benzene rings is 1. The van der Waals surface area contributed by atoms with Gasteiger partial charge < -0.3 is 10.6 Å². The average Bonchev–Trinajstić information content (AvgIpc) is 2.74. The topological polar surface area (TPSA) is 41.1 Å². The highest BCUT2D eigenvalue weighted by molar-refractivity contribution is 5.74. The first kappa shape index (κ1) is 12.0. The molecule has 0 aliphatic heterocycles. The van der Waals surface area contributed by atoms with Crippen molar-refractivity contribution < 1.29 is 4.79 Å². The third-order valence-corrected chi connectivity index (χ3v) is 3.47. The second-order valence-corrected chi connectivity index (χ2v) is 4.83. The number of nitrogens with one attached hydrogen (secondary N) is 2. The molecule has 2 unspecified atom stereocenters. The largest absolute Gasteiger partial charge is 0.335 e. The van der Waals surface area contributed by atoms with Crippen molar-refractivity contribution >= 4 is 6.03 Å². The molecule has 2 atom stereocenters. The lowest BCUT2D eigenvalue weighted by molar-refractivity contribution is 0.234. The van der Waals surface area contributed by atoms with Crippen molar-refractivity contribution in [1.29, 1.82) is 0 Å². The zero-order valence-electron chi connectivity index (χ0n) is 10.3. The van der Waals surface area contributed by atoms with Gasteiger partial charge in [-0.15, -0.1) is 0 Å². The minimum Gasteiger partial charge on any atom is -0.335 e. The third kappa shape index (κ3) is 3.48. The third-order valence-electron chi connectivity index (χ3n) is 3.47. The maximum Gasteiger partial charge on any atom is 0.315 e. The zero-order chi connectivity index (χ0) is 12.1. The monoisotopic (exact) mass is 232 g/mol. The first-order chi connectivity index (χ1) is 8.25. The van der Waals surface area contributed by atoms with Crippen LogP contribution in [-0.2, 0) is 6.54 Å². The Labute approximate surface area is 103 Å². The molecule has 92 valence electrons. The Balaban J connectivity index is 1.74. The van der Waals surface area contributed by atoms with Crippen molar-refractivity contribution in [3.05, 3.63) is 35.9 Å². The standard InChI is InChI=1S/C14H20N2O/c1-11-6-5-9-13(11)16-14(17)15-10-12-7-3-2-4-8-12/h2-4,7-8,11,13H,5-6,9-10H2,1H3,(H2,15,16,17). The van der Waals surface area contributed by atoms with Crippen LogP contribution in [-0.4, -0.2) is 12.1 Å². The van der Waals surface area contributed by atoms with Crippen molar-refractivity contribution in [3.8, 4) is 0 Å². The van der Waals surface area contributed by atoms with Crippen LogP contribution in [0.3, 0.4) is 0 Å². The van der Waals surface area contributed by atoms with Gasteiger partial charge in [0.2, 0.25) is 0 Å². The second-order valence-electron chi connectivity index (χ2n) is 4.83. The minimum atomic E-state index is -0.0485. The molecule has 1 aliphatic carbocycles. The summed E-state index contributed by atoms with van der Waals surface area (Å²) in [4.78, 5) is 11.7. The lowest BCUT2D eigenvalue weighted by Crippen LogP contribution is -2.42. The molecule has 3 heteroatoms. The van der Waals surface area contributed by atoms with Gasteiger partial charge in [0.25, 0.3) is 0 Å². The smallest absolute Gasteiger partial charge is 0.315 e. The molecule has 3 nitrogen and oxygen atoms in total. The van der Waals surface area contributed by atoms with Gasteiger partial charge in [-0.2, -0.15) is 0 Å². The maximum atomic E-state index is 11.7. The molecule has 0 spiro atoms. The molecule has 1 saturated carbocycles. The number of urea groups is 1. The number of carbonyl (C=O) groups excluding carboxylic acids is 1. The molecule has 1 aliphatic rings. The van der Waals surface area contributed by atoms with Gasteiger partial charge in [-0.25, -0.2) is 4.79 Å². The fourth-order valence-corrected chi connectivity index (χ4v) is 2.36. The van der Waals surface area contributed by atoms with Crippen molar-refractivity contribution in [2.75, 3.05) is 0 Å². The van der Waals surface area contributed by atoms with E-state index in [4.69, 9.17) is 0 Å². The first-order valence-electron chi connectivity index (χ1n) is 6.34. The molecule has 0 saturated heterocycles. The van der Waals surface area contributed by atoms with E-state index >= 15 is 0 Å². The summed E-state index contributed by atoms with van der Waals surface area (Å²) in [5.74, 6) is 0.609. The molecular weight excluding hydrogens is 212 g/mol. The molecule has 2 N–H and O–H groups in total. The van der Waals surface area contributed by atoms with Crippen molar-refractivity contribution in [3.63, 3.8) is 0 Å². The summed E-state index contributed by atoms with van der Waals surface area (Å²) in [5, 5.41) is 5.95. The number of carbonyl (C=O) groups is 1. The summed E-state index contributed by atoms with van der Waals surface area (Å²) in [5.41, 5.74) is 1.13. The number of hydrogen-bond acceptors (Lipinski definition) is 1. The van der Waals surface area contributed by atoms with Crippen LogP contribution < -0.4 is 10.6 Å². The predicted octanol–water partition coefficient (Wildman–Crippen LogP) is 2.67. The van der Waals surface area contributed by atoms with Crippen LogP contribution in [0.25, 0.3) is 0 Å². The van der Waals surface area contributed by atoms with E-state index in [2.05, 4.69) is 17.6 Å². The van der Waals surface area contributed by atoms with Gasteiger partial charge in [0.05, 0.1) is 0 Å². The van der Waals surface area contributed by atoms with Crippen LogP contribution in [0.1, 0.15) is 31.7 Å². The Bertz CT molecular complexity index is 364. The zero-order valence-corrected chi connectivity index (χ0v) is 10.3. The van der Waals surface area contributed by atoms with E-state index in [1.807, 2.05) is 30.3 Å². The van der Waals surface area contributed by atoms with Gasteiger partial charge in [-0.05, 0) is 24.3 Å². The predicted molar refractivity (Wildman–Crippen MR) is 68.6 cm³/mol. The van der Waals surface area contributed by atoms with Gasteiger partial charge in [-0.3, -0.25) is 0 Å². The van der Waals surface area contributed by atoms with Crippen molar-refractivity contribution in [2.24, 2.45) is 5.92 Å². The number of rotatable bonds is 3. The Morgan fingerprint density at radius 1 is 1.29 bits per heavy atom. The normalized spacial score (nSPS) is 23.4. The van der Waals surface area contributed by atoms with Crippen LogP contribution in [0, 0.1) is 5.92 Å². The molecule has 2 rings (SSSR count). The molecule has 1 aromatic rings. The highest BCUT2D eigenvalue weighted by Gasteiger charge is 2.24. The molecule has 0 radical (unpaired) electrons. The van der Waals surface area contributed by atoms with E-state index in [0.29, 0.717) is 18.5 Å². The number of amides is 2. The van der Waals surface area contributed by atoms with Crippen LogP contribution in [0.2, 0.25) is 0 Å². The highest BCUT2D eigenvalue weighted by atomic mass is 16.2. The van der Waals surface area contributed by atoms with E-state index in [1.54, 1.807) is 0 Å². The number of hydrogen-bond donors (Lipinski definition) is 2. The van der Waals surface area contributed by atoms with E-state index in [1.165, 1.54) is 12.8 Å². The summed E-state index contributed by atoms with van der Waals surface area (Å²) in [6.07, 6.45) is 3.56. The van der Waals surface area contributed by atoms with Crippen LogP contribution >= 0.6 is 0 Å². The Morgan fingerprint density at radius 3 is 2.71 bits per heavy atom. The SMILES string of the molecule is CC1CCCC1NC(=O)NCc1ccccc1. The Kier molecular flexibility index (Phi) is 4.02. The van der Waals surface area contributed by atoms with E-state index in [9.17, 15) is 4.79 Å². The molecule has 17 heavy (non-hydrogen) atoms. The van der Waals surface area contributed by atoms with Crippen molar-refractivity contribution in [2.45, 2.75) is 38.8 Å². The summed E-state index contributed by atoms with van der Waals surface area (Å²) in [6, 6.07) is 10.3. The van der Waals surface area contributed by atoms with Crippen LogP contribution in [0.15, 0.2) is 30.3 Å². The van der Waals surface area contributed by atoms with Gasteiger partial charge in [0, 0.05) is 12.6 Å². The first-order valence-corrected chi connectivity index (χ1v) is 6.34. The van der Waals surface area contributed by atoms with E-state index in [0.717, 1.165) is 12.0 Å². The van der Waals surface area contributed by atoms with Gasteiger partial charge in [0.15, 0.2) is 0 Å². The molecule has 1 fully saturated rings. The second kappa shape index (κ2) is 5.71. The minimum absolute atomic E-state index is 0.0485. The molecule has 0 aromatic heterocycles. The summed E-state index contributed by atoms with van der Waals surface area (Å²) >= 11 is 0. The molecule has 2 amide bonds. The van der Waals surface area contributed by atoms with Gasteiger partial charge in [0.1, 0.15) is 0 Å². The van der Waals surface area contributed by atoms with E-state index in [-0.39, 0.29) is 6.03 Å².